The maximum absolute atomic E-state index is 12.8. The van der Waals surface area contributed by atoms with E-state index in [0.29, 0.717) is 10.6 Å². The molecule has 0 fully saturated rings. The van der Waals surface area contributed by atoms with Crippen molar-refractivity contribution >= 4 is 34.9 Å². The van der Waals surface area contributed by atoms with E-state index in [2.05, 4.69) is 5.32 Å². The number of thiophene rings is 1. The largest absolute Gasteiger partial charge is 0.424 e. The maximum Gasteiger partial charge on any atom is 0.424 e. The minimum absolute atomic E-state index is 0.0315. The van der Waals surface area contributed by atoms with Gasteiger partial charge in [0.2, 0.25) is 0 Å². The number of allylic oxidation sites excluding steroid dienone is 1. The Morgan fingerprint density at radius 2 is 1.93 bits per heavy atom. The summed E-state index contributed by atoms with van der Waals surface area (Å²) in [6, 6.07) is 6.69. The molecule has 0 bridgehead atoms. The number of carbonyl (C=O) groups is 3. The fourth-order valence-corrected chi connectivity index (χ4v) is 3.71. The molecule has 1 aliphatic heterocycles. The van der Waals surface area contributed by atoms with Crippen molar-refractivity contribution in [2.24, 2.45) is 0 Å². The van der Waals surface area contributed by atoms with Gasteiger partial charge in [-0.15, -0.1) is 11.3 Å². The SMILES string of the molecule is CC(=O)C1=C(C)NC(=O)N(C(=O)Oc2ccc([N+](=O)[O-])cc2)C1c1cccs1. The maximum atomic E-state index is 12.8. The molecule has 10 heteroatoms. The minimum Gasteiger partial charge on any atom is -0.410 e. The van der Waals surface area contributed by atoms with E-state index >= 15 is 0 Å². The van der Waals surface area contributed by atoms with Gasteiger partial charge in [-0.1, -0.05) is 6.07 Å². The van der Waals surface area contributed by atoms with Crippen LogP contribution in [0.2, 0.25) is 0 Å². The molecule has 144 valence electrons. The van der Waals surface area contributed by atoms with Gasteiger partial charge in [-0.05, 0) is 37.4 Å². The number of nitro benzene ring substituents is 1. The van der Waals surface area contributed by atoms with Gasteiger partial charge >= 0.3 is 12.1 Å². The molecule has 28 heavy (non-hydrogen) atoms. The second-order valence-corrected chi connectivity index (χ2v) is 6.91. The van der Waals surface area contributed by atoms with E-state index in [9.17, 15) is 24.5 Å². The van der Waals surface area contributed by atoms with E-state index in [0.717, 1.165) is 4.90 Å². The van der Waals surface area contributed by atoms with Crippen LogP contribution in [0.4, 0.5) is 15.3 Å². The molecular weight excluding hydrogens is 386 g/mol. The van der Waals surface area contributed by atoms with Gasteiger partial charge in [0.25, 0.3) is 5.69 Å². The van der Waals surface area contributed by atoms with Gasteiger partial charge in [-0.3, -0.25) is 14.9 Å². The number of Topliss-reactive ketones (excluding diaryl/α,β-unsaturated/α-hetero) is 1. The monoisotopic (exact) mass is 401 g/mol. The predicted molar refractivity (Wildman–Crippen MR) is 99.9 cm³/mol. The third-order valence-corrected chi connectivity index (χ3v) is 5.01. The summed E-state index contributed by atoms with van der Waals surface area (Å²) >= 11 is 1.30. The van der Waals surface area contributed by atoms with Crippen LogP contribution in [0.1, 0.15) is 24.8 Å². The molecule has 0 spiro atoms. The van der Waals surface area contributed by atoms with Gasteiger partial charge in [-0.2, -0.15) is 0 Å². The molecule has 2 heterocycles. The summed E-state index contributed by atoms with van der Waals surface area (Å²) in [5, 5.41) is 15.0. The van der Waals surface area contributed by atoms with E-state index in [-0.39, 0.29) is 22.8 Å². The molecule has 1 N–H and O–H groups in total. The average molecular weight is 401 g/mol. The van der Waals surface area contributed by atoms with Crippen molar-refractivity contribution in [1.82, 2.24) is 10.2 Å². The van der Waals surface area contributed by atoms with E-state index in [4.69, 9.17) is 4.74 Å². The van der Waals surface area contributed by atoms with E-state index in [1.54, 1.807) is 24.4 Å². The number of hydrogen-bond acceptors (Lipinski definition) is 7. The number of amides is 3. The number of carbonyl (C=O) groups excluding carboxylic acids is 3. The number of nitrogens with one attached hydrogen (secondary N) is 1. The first-order valence-corrected chi connectivity index (χ1v) is 8.99. The number of nitrogens with zero attached hydrogens (tertiary/aromatic N) is 2. The zero-order valence-corrected chi connectivity index (χ0v) is 15.7. The summed E-state index contributed by atoms with van der Waals surface area (Å²) in [5.74, 6) is -0.256. The highest BCUT2D eigenvalue weighted by Gasteiger charge is 2.41. The van der Waals surface area contributed by atoms with Gasteiger partial charge < -0.3 is 10.1 Å². The highest BCUT2D eigenvalue weighted by Crippen LogP contribution is 2.37. The molecule has 9 nitrogen and oxygen atoms in total. The van der Waals surface area contributed by atoms with Crippen LogP contribution in [-0.4, -0.2) is 27.7 Å². The number of non-ortho nitro benzene ring substituents is 1. The average Bonchev–Trinajstić information content (AvgIpc) is 3.15. The Labute approximate surface area is 163 Å². The van der Waals surface area contributed by atoms with Gasteiger partial charge in [-0.25, -0.2) is 14.5 Å². The second kappa shape index (κ2) is 7.61. The number of hydrogen-bond donors (Lipinski definition) is 1. The van der Waals surface area contributed by atoms with E-state index in [1.165, 1.54) is 42.5 Å². The number of benzene rings is 1. The molecule has 1 aromatic carbocycles. The lowest BCUT2D eigenvalue weighted by molar-refractivity contribution is -0.384. The predicted octanol–water partition coefficient (Wildman–Crippen LogP) is 3.78. The fourth-order valence-electron chi connectivity index (χ4n) is 2.89. The van der Waals surface area contributed by atoms with Crippen LogP contribution in [0.5, 0.6) is 5.75 Å². The summed E-state index contributed by atoms with van der Waals surface area (Å²) in [4.78, 5) is 49.1. The summed E-state index contributed by atoms with van der Waals surface area (Å²) in [6.07, 6.45) is -1.00. The third kappa shape index (κ3) is 3.62. The van der Waals surface area contributed by atoms with Crippen LogP contribution in [0.15, 0.2) is 53.0 Å². The van der Waals surface area contributed by atoms with Crippen LogP contribution in [0.3, 0.4) is 0 Å². The Hall–Kier alpha value is -3.53. The van der Waals surface area contributed by atoms with Crippen molar-refractivity contribution in [3.05, 3.63) is 68.0 Å². The quantitative estimate of drug-likeness (QED) is 0.615. The standard InChI is InChI=1S/C18H15N3O6S/c1-10-15(11(2)22)16(14-4-3-9-28-14)20(17(23)19-10)18(24)27-13-7-5-12(6-8-13)21(25)26/h3-9,16H,1-2H3,(H,19,23). The molecular formula is C18H15N3O6S. The first-order valence-electron chi connectivity index (χ1n) is 8.11. The molecule has 0 radical (unpaired) electrons. The highest BCUT2D eigenvalue weighted by atomic mass is 32.1. The lowest BCUT2D eigenvalue weighted by atomic mass is 9.97. The first kappa shape index (κ1) is 19.2. The van der Waals surface area contributed by atoms with Gasteiger partial charge in [0.1, 0.15) is 11.8 Å². The highest BCUT2D eigenvalue weighted by molar-refractivity contribution is 7.10. The third-order valence-electron chi connectivity index (χ3n) is 4.09. The molecule has 1 atom stereocenters. The van der Waals surface area contributed by atoms with Gasteiger partial charge in [0.05, 0.1) is 4.92 Å². The van der Waals surface area contributed by atoms with Crippen molar-refractivity contribution in [1.29, 1.82) is 0 Å². The molecule has 2 aromatic rings. The number of urea groups is 1. The lowest BCUT2D eigenvalue weighted by Gasteiger charge is -2.34. The van der Waals surface area contributed by atoms with Crippen LogP contribution in [-0.2, 0) is 4.79 Å². The summed E-state index contributed by atoms with van der Waals surface area (Å²) in [7, 11) is 0. The molecule has 3 rings (SSSR count). The van der Waals surface area contributed by atoms with Gasteiger partial charge in [0.15, 0.2) is 5.78 Å². The smallest absolute Gasteiger partial charge is 0.410 e. The first-order chi connectivity index (χ1) is 13.3. The van der Waals surface area contributed by atoms with Gasteiger partial charge in [0, 0.05) is 28.3 Å². The Kier molecular flexibility index (Phi) is 5.23. The number of ketones is 1. The molecule has 1 aromatic heterocycles. The lowest BCUT2D eigenvalue weighted by Crippen LogP contribution is -2.51. The Morgan fingerprint density at radius 1 is 1.25 bits per heavy atom. The van der Waals surface area contributed by atoms with Crippen LogP contribution >= 0.6 is 11.3 Å². The minimum atomic E-state index is -1.00. The Morgan fingerprint density at radius 3 is 2.46 bits per heavy atom. The fraction of sp³-hybridized carbons (Fsp3) is 0.167. The number of ether oxygens (including phenoxy) is 1. The topological polar surface area (TPSA) is 119 Å². The summed E-state index contributed by atoms with van der Waals surface area (Å²) < 4.78 is 5.22. The zero-order chi connectivity index (χ0) is 20.4. The van der Waals surface area contributed by atoms with Crippen molar-refractivity contribution in [2.75, 3.05) is 0 Å². The number of imide groups is 1. The Bertz CT molecular complexity index is 981. The van der Waals surface area contributed by atoms with Crippen molar-refractivity contribution < 1.29 is 24.0 Å². The molecule has 1 aliphatic rings. The zero-order valence-electron chi connectivity index (χ0n) is 14.9. The second-order valence-electron chi connectivity index (χ2n) is 5.93. The van der Waals surface area contributed by atoms with Crippen molar-refractivity contribution in [3.8, 4) is 5.75 Å². The molecule has 0 saturated carbocycles. The summed E-state index contributed by atoms with van der Waals surface area (Å²) in [5.41, 5.74) is 0.488. The molecule has 1 unspecified atom stereocenters. The number of rotatable bonds is 4. The van der Waals surface area contributed by atoms with Crippen LogP contribution < -0.4 is 10.1 Å². The van der Waals surface area contributed by atoms with Crippen molar-refractivity contribution in [3.63, 3.8) is 0 Å². The van der Waals surface area contributed by atoms with Crippen LogP contribution in [0, 0.1) is 10.1 Å². The van der Waals surface area contributed by atoms with Crippen molar-refractivity contribution in [2.45, 2.75) is 19.9 Å². The van der Waals surface area contributed by atoms with E-state index in [1.807, 2.05) is 0 Å². The Balaban J connectivity index is 1.95. The normalized spacial score (nSPS) is 16.6. The van der Waals surface area contributed by atoms with Crippen LogP contribution in [0.25, 0.3) is 0 Å². The molecule has 0 aliphatic carbocycles. The molecule has 3 amide bonds. The number of nitro groups is 1. The molecule has 0 saturated heterocycles. The summed E-state index contributed by atoms with van der Waals surface area (Å²) in [6.45, 7) is 2.95. The van der Waals surface area contributed by atoms with E-state index < -0.39 is 23.1 Å².